The fourth-order valence-electron chi connectivity index (χ4n) is 0.602. The van der Waals surface area contributed by atoms with E-state index in [1.807, 2.05) is 0 Å². The van der Waals surface area contributed by atoms with Crippen LogP contribution >= 0.6 is 0 Å². The van der Waals surface area contributed by atoms with E-state index in [9.17, 15) is 10.1 Å². The average Bonchev–Trinajstić information content (AvgIpc) is 1.85. The highest BCUT2D eigenvalue weighted by Crippen LogP contribution is 2.23. The molecule has 1 heterocycles. The van der Waals surface area contributed by atoms with Gasteiger partial charge < -0.3 is 21.0 Å². The minimum Gasteiger partial charge on any atom is -0.501 e. The second kappa shape index (κ2) is 2.41. The van der Waals surface area contributed by atoms with Gasteiger partial charge in [-0.25, -0.2) is 0 Å². The number of aromatic hydroxyl groups is 1. The van der Waals surface area contributed by atoms with Gasteiger partial charge in [0.15, 0.2) is 6.20 Å². The van der Waals surface area contributed by atoms with Crippen LogP contribution in [0.3, 0.4) is 0 Å². The predicted molar refractivity (Wildman–Crippen MR) is 37.0 cm³/mol. The van der Waals surface area contributed by atoms with E-state index >= 15 is 0 Å². The molecule has 0 saturated carbocycles. The summed E-state index contributed by atoms with van der Waals surface area (Å²) in [6.45, 7) is 0. The van der Waals surface area contributed by atoms with Crippen LogP contribution in [0, 0.1) is 10.1 Å². The maximum absolute atomic E-state index is 10.1. The predicted octanol–water partition coefficient (Wildman–Crippen LogP) is 0.278. The van der Waals surface area contributed by atoms with Crippen LogP contribution in [0.1, 0.15) is 0 Å². The van der Waals surface area contributed by atoms with Gasteiger partial charge in [0, 0.05) is 6.07 Å². The summed E-state index contributed by atoms with van der Waals surface area (Å²) in [6, 6.07) is 1.07. The van der Waals surface area contributed by atoms with Crippen LogP contribution in [-0.4, -0.2) is 15.0 Å². The lowest BCUT2D eigenvalue weighted by Crippen LogP contribution is -1.94. The molecule has 3 N–H and O–H groups in total. The minimum absolute atomic E-state index is 0.188. The van der Waals surface area contributed by atoms with Crippen molar-refractivity contribution in [2.45, 2.75) is 0 Å². The van der Waals surface area contributed by atoms with Gasteiger partial charge in [0.05, 0.1) is 5.69 Å². The molecule has 58 valence electrons. The van der Waals surface area contributed by atoms with Gasteiger partial charge in [-0.15, -0.1) is 0 Å². The number of nitrogens with two attached hydrogens (primary N) is 1. The molecule has 0 saturated heterocycles. The Kier molecular flexibility index (Phi) is 1.59. The highest BCUT2D eigenvalue weighted by atomic mass is 16.6. The first kappa shape index (κ1) is 7.26. The lowest BCUT2D eigenvalue weighted by molar-refractivity contribution is -0.390. The molecule has 1 aromatic heterocycles. The number of anilines is 1. The van der Waals surface area contributed by atoms with Crippen LogP contribution in [0.4, 0.5) is 11.5 Å². The number of aromatic nitrogens is 1. The Labute approximate surface area is 61.4 Å². The van der Waals surface area contributed by atoms with E-state index in [0.29, 0.717) is 0 Å². The molecular weight excluding hydrogens is 150 g/mol. The van der Waals surface area contributed by atoms with Gasteiger partial charge in [0.2, 0.25) is 5.75 Å². The van der Waals surface area contributed by atoms with E-state index in [0.717, 1.165) is 12.3 Å². The largest absolute Gasteiger partial charge is 0.501 e. The molecule has 0 aliphatic heterocycles. The van der Waals surface area contributed by atoms with Crippen LogP contribution in [0.15, 0.2) is 12.3 Å². The third-order valence-electron chi connectivity index (χ3n) is 1.04. The molecular formula is C5H5N3O3. The summed E-state index contributed by atoms with van der Waals surface area (Å²) in [7, 11) is 0. The van der Waals surface area contributed by atoms with Crippen LogP contribution in [0.2, 0.25) is 0 Å². The Morgan fingerprint density at radius 1 is 1.73 bits per heavy atom. The zero-order valence-corrected chi connectivity index (χ0v) is 5.39. The normalized spacial score (nSPS) is 9.45. The van der Waals surface area contributed by atoms with E-state index in [2.05, 4.69) is 4.98 Å². The molecule has 6 heteroatoms. The van der Waals surface area contributed by atoms with Gasteiger partial charge in [0.1, 0.15) is 0 Å². The average molecular weight is 155 g/mol. The van der Waals surface area contributed by atoms with E-state index in [-0.39, 0.29) is 5.69 Å². The van der Waals surface area contributed by atoms with Gasteiger partial charge in [-0.1, -0.05) is 0 Å². The number of pyridine rings is 1. The molecule has 11 heavy (non-hydrogen) atoms. The van der Waals surface area contributed by atoms with Crippen molar-refractivity contribution in [3.63, 3.8) is 0 Å². The summed E-state index contributed by atoms with van der Waals surface area (Å²) in [4.78, 5) is 12.6. The van der Waals surface area contributed by atoms with Gasteiger partial charge in [-0.2, -0.15) is 0 Å². The molecule has 0 amide bonds. The zero-order chi connectivity index (χ0) is 8.43. The third kappa shape index (κ3) is 1.34. The van der Waals surface area contributed by atoms with Crippen molar-refractivity contribution in [2.75, 3.05) is 5.73 Å². The van der Waals surface area contributed by atoms with Gasteiger partial charge in [-0.05, 0) is 9.91 Å². The molecule has 0 fully saturated rings. The van der Waals surface area contributed by atoms with Crippen LogP contribution in [0.5, 0.6) is 5.75 Å². The SMILES string of the molecule is Nc1cnc([N+](=O)[O-])c(O)c1. The molecule has 0 unspecified atom stereocenters. The van der Waals surface area contributed by atoms with Crippen LogP contribution < -0.4 is 5.73 Å². The standard InChI is InChI=1S/C5H5N3O3/c6-3-1-4(9)5(7-2-3)8(10)11/h1-2,9H,6H2. The Bertz CT molecular complexity index is 299. The molecule has 0 atom stereocenters. The summed E-state index contributed by atoms with van der Waals surface area (Å²) in [5.41, 5.74) is 5.37. The van der Waals surface area contributed by atoms with Gasteiger partial charge in [0.25, 0.3) is 0 Å². The second-order valence-electron chi connectivity index (χ2n) is 1.87. The molecule has 0 aliphatic carbocycles. The maximum atomic E-state index is 10.1. The zero-order valence-electron chi connectivity index (χ0n) is 5.39. The summed E-state index contributed by atoms with van der Waals surface area (Å²) in [5.74, 6) is -1.10. The fraction of sp³-hybridized carbons (Fsp3) is 0. The topological polar surface area (TPSA) is 102 Å². The number of rotatable bonds is 1. The summed E-state index contributed by atoms with van der Waals surface area (Å²) in [5, 5.41) is 19.0. The van der Waals surface area contributed by atoms with Crippen molar-refractivity contribution in [1.29, 1.82) is 0 Å². The first-order chi connectivity index (χ1) is 5.11. The number of hydrogen-bond acceptors (Lipinski definition) is 5. The number of nitrogens with zero attached hydrogens (tertiary/aromatic N) is 2. The highest BCUT2D eigenvalue weighted by Gasteiger charge is 2.13. The highest BCUT2D eigenvalue weighted by molar-refractivity contribution is 5.48. The van der Waals surface area contributed by atoms with Gasteiger partial charge in [-0.3, -0.25) is 0 Å². The molecule has 0 spiro atoms. The molecule has 0 bridgehead atoms. The van der Waals surface area contributed by atoms with Crippen molar-refractivity contribution in [1.82, 2.24) is 4.98 Å². The van der Waals surface area contributed by atoms with E-state index in [1.165, 1.54) is 0 Å². The Hall–Kier alpha value is -1.85. The Balaban J connectivity index is 3.20. The molecule has 6 nitrogen and oxygen atoms in total. The first-order valence-corrected chi connectivity index (χ1v) is 2.70. The number of nitrogen functional groups attached to an aromatic ring is 1. The van der Waals surface area contributed by atoms with Crippen molar-refractivity contribution < 1.29 is 10.0 Å². The fourth-order valence-corrected chi connectivity index (χ4v) is 0.602. The monoisotopic (exact) mass is 155 g/mol. The van der Waals surface area contributed by atoms with Crippen LogP contribution in [-0.2, 0) is 0 Å². The smallest absolute Gasteiger partial charge is 0.406 e. The molecule has 0 aromatic carbocycles. The number of nitro groups is 1. The first-order valence-electron chi connectivity index (χ1n) is 2.70. The third-order valence-corrected chi connectivity index (χ3v) is 1.04. The van der Waals surface area contributed by atoms with Crippen molar-refractivity contribution in [3.8, 4) is 5.75 Å². The van der Waals surface area contributed by atoms with Crippen molar-refractivity contribution >= 4 is 11.5 Å². The van der Waals surface area contributed by atoms with E-state index < -0.39 is 16.5 Å². The minimum atomic E-state index is -0.783. The second-order valence-corrected chi connectivity index (χ2v) is 1.87. The quantitative estimate of drug-likeness (QED) is 0.447. The molecule has 0 aliphatic rings. The van der Waals surface area contributed by atoms with E-state index in [4.69, 9.17) is 10.8 Å². The Morgan fingerprint density at radius 3 is 2.82 bits per heavy atom. The summed E-state index contributed by atoms with van der Waals surface area (Å²) >= 11 is 0. The summed E-state index contributed by atoms with van der Waals surface area (Å²) < 4.78 is 0. The van der Waals surface area contributed by atoms with E-state index in [1.54, 1.807) is 0 Å². The molecule has 0 radical (unpaired) electrons. The maximum Gasteiger partial charge on any atom is 0.406 e. The van der Waals surface area contributed by atoms with Crippen molar-refractivity contribution in [3.05, 3.63) is 22.4 Å². The molecule has 1 rings (SSSR count). The van der Waals surface area contributed by atoms with Crippen LogP contribution in [0.25, 0.3) is 0 Å². The lowest BCUT2D eigenvalue weighted by atomic mass is 10.4. The van der Waals surface area contributed by atoms with Gasteiger partial charge >= 0.3 is 5.82 Å². The number of hydrogen-bond donors (Lipinski definition) is 2. The summed E-state index contributed by atoms with van der Waals surface area (Å²) in [6.07, 6.45) is 1.11. The Morgan fingerprint density at radius 2 is 2.36 bits per heavy atom. The lowest BCUT2D eigenvalue weighted by Gasteiger charge is -1.94. The molecule has 1 aromatic rings. The van der Waals surface area contributed by atoms with Crippen molar-refractivity contribution in [2.24, 2.45) is 0 Å².